The molecule has 102 valence electrons. The van der Waals surface area contributed by atoms with Crippen LogP contribution in [0.15, 0.2) is 35.4 Å². The first-order valence-corrected chi connectivity index (χ1v) is 6.88. The number of rotatable bonds is 4. The molecule has 0 saturated heterocycles. The molecule has 0 aliphatic carbocycles. The molecule has 0 bridgehead atoms. The first kappa shape index (κ1) is 13.4. The van der Waals surface area contributed by atoms with E-state index in [1.54, 1.807) is 12.1 Å². The summed E-state index contributed by atoms with van der Waals surface area (Å²) >= 11 is 0. The molecule has 0 unspecified atom stereocenters. The lowest BCUT2D eigenvalue weighted by atomic mass is 10.2. The molecule has 1 aromatic heterocycles. The second-order valence-corrected chi connectivity index (χ2v) is 6.09. The Morgan fingerprint density at radius 2 is 2.21 bits per heavy atom. The summed E-state index contributed by atoms with van der Waals surface area (Å²) in [5, 5.41) is 15.3. The Hall–Kier alpha value is -2.06. The van der Waals surface area contributed by atoms with Crippen LogP contribution in [0.1, 0.15) is 5.56 Å². The molecule has 0 radical (unpaired) electrons. The van der Waals surface area contributed by atoms with Gasteiger partial charge in [-0.2, -0.15) is 9.40 Å². The van der Waals surface area contributed by atoms with Gasteiger partial charge < -0.3 is 10.8 Å². The van der Waals surface area contributed by atoms with Crippen LogP contribution >= 0.6 is 0 Å². The molecule has 19 heavy (non-hydrogen) atoms. The van der Waals surface area contributed by atoms with Crippen molar-refractivity contribution < 1.29 is 13.5 Å². The van der Waals surface area contributed by atoms with Crippen molar-refractivity contribution >= 4 is 15.8 Å². The number of anilines is 1. The number of aromatic amines is 1. The highest BCUT2D eigenvalue weighted by Crippen LogP contribution is 2.21. The van der Waals surface area contributed by atoms with Crippen molar-refractivity contribution in [2.45, 2.75) is 11.4 Å². The molecule has 0 aliphatic heterocycles. The summed E-state index contributed by atoms with van der Waals surface area (Å²) in [7, 11) is -2.27. The van der Waals surface area contributed by atoms with E-state index in [0.717, 1.165) is 4.31 Å². The molecular weight excluding hydrogens is 268 g/mol. The lowest BCUT2D eigenvalue weighted by Gasteiger charge is -2.16. The Bertz CT molecular complexity index is 681. The van der Waals surface area contributed by atoms with Crippen LogP contribution in [-0.2, 0) is 16.6 Å². The van der Waals surface area contributed by atoms with Crippen molar-refractivity contribution in [1.29, 1.82) is 0 Å². The predicted octanol–water partition coefficient (Wildman–Crippen LogP) is 0.518. The van der Waals surface area contributed by atoms with Crippen molar-refractivity contribution in [3.63, 3.8) is 0 Å². The second kappa shape index (κ2) is 4.90. The third kappa shape index (κ3) is 2.69. The summed E-state index contributed by atoms with van der Waals surface area (Å²) in [5.74, 6) is 0.0916. The molecule has 0 atom stereocenters. The van der Waals surface area contributed by atoms with Gasteiger partial charge in [0.2, 0.25) is 10.0 Å². The fourth-order valence-electron chi connectivity index (χ4n) is 1.66. The normalized spacial score (nSPS) is 11.9. The minimum absolute atomic E-state index is 0.00255. The number of sulfonamides is 1. The fraction of sp³-hybridized carbons (Fsp3) is 0.182. The third-order valence-electron chi connectivity index (χ3n) is 2.64. The molecule has 7 nitrogen and oxygen atoms in total. The van der Waals surface area contributed by atoms with Crippen molar-refractivity contribution in [3.8, 4) is 5.75 Å². The van der Waals surface area contributed by atoms with Gasteiger partial charge in [-0.25, -0.2) is 8.42 Å². The van der Waals surface area contributed by atoms with Gasteiger partial charge >= 0.3 is 0 Å². The number of aromatic nitrogens is 2. The van der Waals surface area contributed by atoms with Gasteiger partial charge in [-0.1, -0.05) is 12.1 Å². The summed E-state index contributed by atoms with van der Waals surface area (Å²) in [6, 6.07) is 6.40. The number of benzene rings is 1. The third-order valence-corrected chi connectivity index (χ3v) is 4.47. The van der Waals surface area contributed by atoms with E-state index in [9.17, 15) is 13.5 Å². The Labute approximate surface area is 110 Å². The highest BCUT2D eigenvalue weighted by atomic mass is 32.2. The largest absolute Gasteiger partial charge is 0.508 e. The first-order chi connectivity index (χ1) is 8.91. The summed E-state index contributed by atoms with van der Waals surface area (Å²) in [4.78, 5) is -0.0600. The van der Waals surface area contributed by atoms with Crippen molar-refractivity contribution in [3.05, 3.63) is 36.0 Å². The van der Waals surface area contributed by atoms with Gasteiger partial charge in [0.1, 0.15) is 16.5 Å². The Morgan fingerprint density at radius 1 is 1.47 bits per heavy atom. The number of nitrogens with two attached hydrogens (primary N) is 1. The minimum atomic E-state index is -3.70. The topological polar surface area (TPSA) is 112 Å². The Morgan fingerprint density at radius 3 is 2.79 bits per heavy atom. The van der Waals surface area contributed by atoms with Gasteiger partial charge in [0.05, 0.1) is 6.20 Å². The van der Waals surface area contributed by atoms with E-state index in [1.165, 1.54) is 25.4 Å². The lowest BCUT2D eigenvalue weighted by molar-refractivity contribution is 0.458. The smallest absolute Gasteiger partial charge is 0.248 e. The van der Waals surface area contributed by atoms with E-state index < -0.39 is 10.0 Å². The predicted molar refractivity (Wildman–Crippen MR) is 69.8 cm³/mol. The summed E-state index contributed by atoms with van der Waals surface area (Å²) < 4.78 is 25.6. The molecular formula is C11H14N4O3S. The molecule has 8 heteroatoms. The zero-order chi connectivity index (χ0) is 14.0. The highest BCUT2D eigenvalue weighted by Gasteiger charge is 2.24. The van der Waals surface area contributed by atoms with Crippen LogP contribution in [-0.4, -0.2) is 35.1 Å². The average molecular weight is 282 g/mol. The number of hydrogen-bond donors (Lipinski definition) is 3. The molecule has 1 aromatic carbocycles. The SMILES string of the molecule is CN(Cc1cccc(O)c1)S(=O)(=O)c1cn[nH]c1N. The fourth-order valence-corrected chi connectivity index (χ4v) is 2.82. The number of nitrogen functional groups attached to an aromatic ring is 1. The number of phenols is 1. The number of aromatic hydroxyl groups is 1. The van der Waals surface area contributed by atoms with E-state index in [-0.39, 0.29) is 23.0 Å². The van der Waals surface area contributed by atoms with Crippen LogP contribution in [0.2, 0.25) is 0 Å². The van der Waals surface area contributed by atoms with Gasteiger partial charge in [0.15, 0.2) is 0 Å². The molecule has 0 fully saturated rings. The zero-order valence-electron chi connectivity index (χ0n) is 10.2. The molecule has 2 rings (SSSR count). The standard InChI is InChI=1S/C11H14N4O3S/c1-15(7-8-3-2-4-9(16)5-8)19(17,18)10-6-13-14-11(10)12/h2-6,16H,7H2,1H3,(H3,12,13,14). The average Bonchev–Trinajstić information content (AvgIpc) is 2.76. The highest BCUT2D eigenvalue weighted by molar-refractivity contribution is 7.89. The number of phenolic OH excluding ortho intramolecular Hbond substituents is 1. The molecule has 0 saturated carbocycles. The maximum Gasteiger partial charge on any atom is 0.248 e. The number of nitrogens with one attached hydrogen (secondary N) is 1. The molecule has 0 spiro atoms. The number of H-pyrrole nitrogens is 1. The van der Waals surface area contributed by atoms with E-state index in [2.05, 4.69) is 10.2 Å². The molecule has 2 aromatic rings. The molecule has 1 heterocycles. The Balaban J connectivity index is 2.25. The summed E-state index contributed by atoms with van der Waals surface area (Å²) in [5.41, 5.74) is 6.19. The molecule has 0 amide bonds. The van der Waals surface area contributed by atoms with Crippen LogP contribution in [0.3, 0.4) is 0 Å². The molecule has 4 N–H and O–H groups in total. The Kier molecular flexibility index (Phi) is 3.45. The van der Waals surface area contributed by atoms with Gasteiger partial charge in [0, 0.05) is 13.6 Å². The van der Waals surface area contributed by atoms with Crippen LogP contribution in [0.4, 0.5) is 5.82 Å². The zero-order valence-corrected chi connectivity index (χ0v) is 11.1. The summed E-state index contributed by atoms with van der Waals surface area (Å²) in [6.45, 7) is 0.126. The van der Waals surface area contributed by atoms with E-state index in [4.69, 9.17) is 5.73 Å². The first-order valence-electron chi connectivity index (χ1n) is 5.44. The van der Waals surface area contributed by atoms with Crippen LogP contribution in [0.5, 0.6) is 5.75 Å². The number of nitrogens with zero attached hydrogens (tertiary/aromatic N) is 2. The molecule has 0 aliphatic rings. The monoisotopic (exact) mass is 282 g/mol. The minimum Gasteiger partial charge on any atom is -0.508 e. The van der Waals surface area contributed by atoms with E-state index >= 15 is 0 Å². The second-order valence-electron chi connectivity index (χ2n) is 4.08. The van der Waals surface area contributed by atoms with Crippen LogP contribution in [0.25, 0.3) is 0 Å². The lowest BCUT2D eigenvalue weighted by Crippen LogP contribution is -2.26. The van der Waals surface area contributed by atoms with Gasteiger partial charge in [-0.15, -0.1) is 0 Å². The van der Waals surface area contributed by atoms with Crippen molar-refractivity contribution in [2.24, 2.45) is 0 Å². The van der Waals surface area contributed by atoms with Crippen molar-refractivity contribution in [1.82, 2.24) is 14.5 Å². The quantitative estimate of drug-likeness (QED) is 0.756. The van der Waals surface area contributed by atoms with Gasteiger partial charge in [-0.3, -0.25) is 5.10 Å². The summed E-state index contributed by atoms with van der Waals surface area (Å²) in [6.07, 6.45) is 1.17. The maximum atomic E-state index is 12.2. The van der Waals surface area contributed by atoms with Gasteiger partial charge in [0.25, 0.3) is 0 Å². The van der Waals surface area contributed by atoms with Crippen molar-refractivity contribution in [2.75, 3.05) is 12.8 Å². The van der Waals surface area contributed by atoms with E-state index in [1.807, 2.05) is 0 Å². The maximum absolute atomic E-state index is 12.2. The van der Waals surface area contributed by atoms with Crippen LogP contribution in [0, 0.1) is 0 Å². The van der Waals surface area contributed by atoms with Crippen LogP contribution < -0.4 is 5.73 Å². The number of hydrogen-bond acceptors (Lipinski definition) is 5. The van der Waals surface area contributed by atoms with E-state index in [0.29, 0.717) is 5.56 Å². The van der Waals surface area contributed by atoms with Gasteiger partial charge in [-0.05, 0) is 17.7 Å².